The molecule has 210 valence electrons. The van der Waals surface area contributed by atoms with Gasteiger partial charge in [-0.2, -0.15) is 0 Å². The van der Waals surface area contributed by atoms with E-state index in [0.717, 1.165) is 5.75 Å². The van der Waals surface area contributed by atoms with Gasteiger partial charge in [0.2, 0.25) is 11.8 Å². The molecule has 4 nitrogen and oxygen atoms in total. The number of hydrogen-bond donors (Lipinski definition) is 0. The molecule has 2 atom stereocenters. The standard InChI is InChI=1S/C39H31NO3/c1-39(2,24-10-4-3-5-11-24)25-16-20-27(21-17-25)43-28-22-18-26(19-23-28)40-37(41)35-33-29-12-6-7-13-30(29)34(36(35)38(40)42)32-15-9-8-14-31(32)33/h3-23,33-36H,1-2H3. The number of carbonyl (C=O) groups is 2. The Morgan fingerprint density at radius 1 is 0.512 bits per heavy atom. The number of imide groups is 1. The molecular weight excluding hydrogens is 530 g/mol. The summed E-state index contributed by atoms with van der Waals surface area (Å²) in [6, 6.07) is 42.6. The van der Waals surface area contributed by atoms with Crippen LogP contribution in [0.25, 0.3) is 0 Å². The first-order valence-electron chi connectivity index (χ1n) is 14.9. The Labute approximate surface area is 251 Å². The third kappa shape index (κ3) is 3.82. The van der Waals surface area contributed by atoms with Crippen LogP contribution in [0, 0.1) is 11.8 Å². The number of carbonyl (C=O) groups excluding carboxylic acids is 2. The average molecular weight is 562 g/mol. The van der Waals surface area contributed by atoms with Crippen molar-refractivity contribution in [2.24, 2.45) is 11.8 Å². The lowest BCUT2D eigenvalue weighted by Crippen LogP contribution is -2.41. The van der Waals surface area contributed by atoms with E-state index in [1.165, 1.54) is 38.3 Å². The second kappa shape index (κ2) is 9.53. The van der Waals surface area contributed by atoms with Crippen molar-refractivity contribution in [1.82, 2.24) is 0 Å². The summed E-state index contributed by atoms with van der Waals surface area (Å²) in [5, 5.41) is 0. The van der Waals surface area contributed by atoms with Crippen LogP contribution in [0.2, 0.25) is 0 Å². The van der Waals surface area contributed by atoms with Gasteiger partial charge in [0, 0.05) is 17.3 Å². The van der Waals surface area contributed by atoms with Crippen LogP contribution in [0.5, 0.6) is 11.5 Å². The maximum absolute atomic E-state index is 14.0. The third-order valence-corrected chi connectivity index (χ3v) is 9.85. The largest absolute Gasteiger partial charge is 0.457 e. The fraction of sp³-hybridized carbons (Fsp3) is 0.179. The van der Waals surface area contributed by atoms with E-state index in [1.54, 1.807) is 0 Å². The first kappa shape index (κ1) is 25.7. The van der Waals surface area contributed by atoms with E-state index in [2.05, 4.69) is 74.5 Å². The van der Waals surface area contributed by atoms with Gasteiger partial charge < -0.3 is 4.74 Å². The number of hydrogen-bond acceptors (Lipinski definition) is 3. The maximum Gasteiger partial charge on any atom is 0.238 e. The molecule has 1 heterocycles. The van der Waals surface area contributed by atoms with Crippen LogP contribution in [-0.2, 0) is 15.0 Å². The smallest absolute Gasteiger partial charge is 0.238 e. The van der Waals surface area contributed by atoms with Gasteiger partial charge in [0.05, 0.1) is 17.5 Å². The highest BCUT2D eigenvalue weighted by atomic mass is 16.5. The molecule has 0 radical (unpaired) electrons. The summed E-state index contributed by atoms with van der Waals surface area (Å²) in [4.78, 5) is 29.5. The number of amides is 2. The highest BCUT2D eigenvalue weighted by Crippen LogP contribution is 2.61. The molecule has 2 amide bonds. The molecule has 0 saturated carbocycles. The summed E-state index contributed by atoms with van der Waals surface area (Å²) in [7, 11) is 0. The van der Waals surface area contributed by atoms with Gasteiger partial charge in [-0.05, 0) is 69.8 Å². The molecule has 4 aliphatic rings. The number of anilines is 1. The maximum atomic E-state index is 14.0. The molecule has 2 bridgehead atoms. The zero-order valence-electron chi connectivity index (χ0n) is 24.1. The first-order chi connectivity index (χ1) is 20.9. The van der Waals surface area contributed by atoms with E-state index >= 15 is 0 Å². The highest BCUT2D eigenvalue weighted by molar-refractivity contribution is 6.23. The van der Waals surface area contributed by atoms with Gasteiger partial charge in [-0.15, -0.1) is 0 Å². The molecule has 1 aliphatic heterocycles. The number of rotatable bonds is 5. The van der Waals surface area contributed by atoms with E-state index in [0.29, 0.717) is 11.4 Å². The first-order valence-corrected chi connectivity index (χ1v) is 14.9. The fourth-order valence-electron chi connectivity index (χ4n) is 7.69. The van der Waals surface area contributed by atoms with Crippen LogP contribution >= 0.6 is 0 Å². The van der Waals surface area contributed by atoms with Crippen molar-refractivity contribution in [3.63, 3.8) is 0 Å². The van der Waals surface area contributed by atoms with Crippen molar-refractivity contribution in [3.8, 4) is 11.5 Å². The summed E-state index contributed by atoms with van der Waals surface area (Å²) in [5.74, 6) is 0.150. The Balaban J connectivity index is 1.05. The molecule has 3 aliphatic carbocycles. The van der Waals surface area contributed by atoms with E-state index in [1.807, 2.05) is 66.7 Å². The molecule has 1 saturated heterocycles. The van der Waals surface area contributed by atoms with Crippen molar-refractivity contribution in [2.75, 3.05) is 4.90 Å². The van der Waals surface area contributed by atoms with Gasteiger partial charge in [-0.1, -0.05) is 105 Å². The zero-order valence-corrected chi connectivity index (χ0v) is 24.1. The quantitative estimate of drug-likeness (QED) is 0.203. The van der Waals surface area contributed by atoms with Crippen LogP contribution in [-0.4, -0.2) is 11.8 Å². The topological polar surface area (TPSA) is 46.6 Å². The highest BCUT2D eigenvalue weighted by Gasteiger charge is 2.61. The van der Waals surface area contributed by atoms with E-state index in [-0.39, 0.29) is 29.1 Å². The normalized spacial score (nSPS) is 21.8. The SMILES string of the molecule is CC(C)(c1ccccc1)c1ccc(Oc2ccc(N3C(=O)C4C5c6ccccc6C(c6ccccc65)C4C3=O)cc2)cc1. The Morgan fingerprint density at radius 2 is 0.907 bits per heavy atom. The summed E-state index contributed by atoms with van der Waals surface area (Å²) in [6.07, 6.45) is 0. The molecule has 0 N–H and O–H groups in total. The minimum atomic E-state index is -0.392. The number of benzene rings is 5. The molecule has 1 fully saturated rings. The fourth-order valence-corrected chi connectivity index (χ4v) is 7.69. The molecule has 0 spiro atoms. The predicted octanol–water partition coefficient (Wildman–Crippen LogP) is 8.20. The van der Waals surface area contributed by atoms with Crippen LogP contribution in [0.4, 0.5) is 5.69 Å². The van der Waals surface area contributed by atoms with E-state index in [4.69, 9.17) is 4.74 Å². The molecule has 0 aromatic heterocycles. The summed E-state index contributed by atoms with van der Waals surface area (Å²) < 4.78 is 6.16. The van der Waals surface area contributed by atoms with Crippen molar-refractivity contribution in [2.45, 2.75) is 31.1 Å². The molecule has 2 unspecified atom stereocenters. The van der Waals surface area contributed by atoms with Gasteiger partial charge in [-0.3, -0.25) is 9.59 Å². The molecule has 4 heteroatoms. The van der Waals surface area contributed by atoms with Crippen molar-refractivity contribution in [3.05, 3.63) is 161 Å². The Morgan fingerprint density at radius 3 is 1.37 bits per heavy atom. The summed E-state index contributed by atoms with van der Waals surface area (Å²) in [5.41, 5.74) is 7.63. The van der Waals surface area contributed by atoms with Crippen LogP contribution in [0.1, 0.15) is 59.1 Å². The van der Waals surface area contributed by atoms with E-state index in [9.17, 15) is 9.59 Å². The van der Waals surface area contributed by atoms with Gasteiger partial charge >= 0.3 is 0 Å². The van der Waals surface area contributed by atoms with Gasteiger partial charge in [0.15, 0.2) is 0 Å². The van der Waals surface area contributed by atoms with Crippen LogP contribution < -0.4 is 9.64 Å². The Bertz CT molecular complexity index is 1760. The Kier molecular flexibility index (Phi) is 5.70. The van der Waals surface area contributed by atoms with E-state index < -0.39 is 11.8 Å². The lowest BCUT2D eigenvalue weighted by molar-refractivity contribution is -0.122. The lowest BCUT2D eigenvalue weighted by atomic mass is 9.55. The second-order valence-corrected chi connectivity index (χ2v) is 12.4. The number of nitrogens with zero attached hydrogens (tertiary/aromatic N) is 1. The Hall–Kier alpha value is -4.96. The molecule has 5 aromatic carbocycles. The summed E-state index contributed by atoms with van der Waals surface area (Å²) in [6.45, 7) is 4.44. The molecular formula is C39H31NO3. The molecule has 5 aromatic rings. The van der Waals surface area contributed by atoms with Gasteiger partial charge in [0.25, 0.3) is 0 Å². The predicted molar refractivity (Wildman–Crippen MR) is 168 cm³/mol. The van der Waals surface area contributed by atoms with Gasteiger partial charge in [0.1, 0.15) is 11.5 Å². The zero-order chi connectivity index (χ0) is 29.3. The number of ether oxygens (including phenoxy) is 1. The molecule has 9 rings (SSSR count). The van der Waals surface area contributed by atoms with Crippen molar-refractivity contribution >= 4 is 17.5 Å². The third-order valence-electron chi connectivity index (χ3n) is 9.85. The average Bonchev–Trinajstić information content (AvgIpc) is 3.32. The van der Waals surface area contributed by atoms with Gasteiger partial charge in [-0.25, -0.2) is 4.90 Å². The summed E-state index contributed by atoms with van der Waals surface area (Å²) >= 11 is 0. The van der Waals surface area contributed by atoms with Crippen LogP contribution in [0.15, 0.2) is 127 Å². The molecule has 43 heavy (non-hydrogen) atoms. The van der Waals surface area contributed by atoms with Crippen molar-refractivity contribution in [1.29, 1.82) is 0 Å². The minimum Gasteiger partial charge on any atom is -0.457 e. The van der Waals surface area contributed by atoms with Crippen molar-refractivity contribution < 1.29 is 14.3 Å². The minimum absolute atomic E-state index is 0.110. The van der Waals surface area contributed by atoms with Crippen LogP contribution in [0.3, 0.4) is 0 Å². The second-order valence-electron chi connectivity index (χ2n) is 12.4. The monoisotopic (exact) mass is 561 g/mol. The lowest BCUT2D eigenvalue weighted by Gasteiger charge is -2.45.